The summed E-state index contributed by atoms with van der Waals surface area (Å²) in [4.78, 5) is 3.43. The second-order valence-corrected chi connectivity index (χ2v) is 4.80. The highest BCUT2D eigenvalue weighted by Gasteiger charge is 2.06. The summed E-state index contributed by atoms with van der Waals surface area (Å²) in [6.07, 6.45) is 0. The van der Waals surface area contributed by atoms with Gasteiger partial charge < -0.3 is 10.3 Å². The third kappa shape index (κ3) is 2.45. The summed E-state index contributed by atoms with van der Waals surface area (Å²) in [5.41, 5.74) is 2.48. The number of hydrogen-bond donors (Lipinski definition) is 2. The minimum Gasteiger partial charge on any atom is -0.357 e. The van der Waals surface area contributed by atoms with Gasteiger partial charge in [0.15, 0.2) is 0 Å². The summed E-state index contributed by atoms with van der Waals surface area (Å²) in [6, 6.07) is 11.2. The molecule has 2 rings (SSSR count). The van der Waals surface area contributed by atoms with E-state index in [0.29, 0.717) is 12.0 Å². The fourth-order valence-corrected chi connectivity index (χ4v) is 1.74. The summed E-state index contributed by atoms with van der Waals surface area (Å²) in [7, 11) is 0. The smallest absolute Gasteiger partial charge is 0.0456 e. The quantitative estimate of drug-likeness (QED) is 0.806. The first-order valence-electron chi connectivity index (χ1n) is 5.97. The Morgan fingerprint density at radius 3 is 2.62 bits per heavy atom. The molecule has 1 heterocycles. The number of hydrogen-bond acceptors (Lipinski definition) is 1. The number of rotatable bonds is 4. The molecule has 2 N–H and O–H groups in total. The predicted octanol–water partition coefficient (Wildman–Crippen LogP) is 3.30. The normalized spacial score (nSPS) is 13.5. The summed E-state index contributed by atoms with van der Waals surface area (Å²) >= 11 is 0. The van der Waals surface area contributed by atoms with Gasteiger partial charge in [-0.2, -0.15) is 0 Å². The van der Waals surface area contributed by atoms with E-state index in [1.165, 1.54) is 16.6 Å². The molecule has 0 saturated heterocycles. The number of nitrogens with one attached hydrogen (secondary N) is 2. The number of aromatic nitrogens is 1. The van der Waals surface area contributed by atoms with Crippen LogP contribution in [0.15, 0.2) is 30.3 Å². The zero-order chi connectivity index (χ0) is 11.5. The maximum Gasteiger partial charge on any atom is 0.0456 e. The van der Waals surface area contributed by atoms with E-state index in [4.69, 9.17) is 0 Å². The van der Waals surface area contributed by atoms with Crippen molar-refractivity contribution in [2.75, 3.05) is 0 Å². The van der Waals surface area contributed by atoms with Gasteiger partial charge in [0, 0.05) is 23.8 Å². The van der Waals surface area contributed by atoms with E-state index in [1.807, 2.05) is 0 Å². The van der Waals surface area contributed by atoms with E-state index in [1.54, 1.807) is 0 Å². The minimum atomic E-state index is 0.548. The third-order valence-electron chi connectivity index (χ3n) is 3.20. The number of fused-ring (bicyclic) bond motifs is 1. The molecule has 0 spiro atoms. The van der Waals surface area contributed by atoms with E-state index < -0.39 is 0 Å². The number of H-pyrrole nitrogens is 1. The molecule has 0 aliphatic heterocycles. The Labute approximate surface area is 97.1 Å². The van der Waals surface area contributed by atoms with Crippen LogP contribution in [0, 0.1) is 5.92 Å². The molecule has 0 radical (unpaired) electrons. The van der Waals surface area contributed by atoms with Crippen LogP contribution in [0.1, 0.15) is 26.5 Å². The van der Waals surface area contributed by atoms with Crippen molar-refractivity contribution in [3.8, 4) is 0 Å². The Hall–Kier alpha value is -1.28. The van der Waals surface area contributed by atoms with E-state index in [-0.39, 0.29) is 0 Å². The summed E-state index contributed by atoms with van der Waals surface area (Å²) in [6.45, 7) is 7.62. The summed E-state index contributed by atoms with van der Waals surface area (Å²) < 4.78 is 0. The van der Waals surface area contributed by atoms with Gasteiger partial charge >= 0.3 is 0 Å². The maximum absolute atomic E-state index is 3.53. The molecule has 1 unspecified atom stereocenters. The van der Waals surface area contributed by atoms with Crippen LogP contribution in [0.4, 0.5) is 0 Å². The van der Waals surface area contributed by atoms with Gasteiger partial charge in [-0.15, -0.1) is 0 Å². The van der Waals surface area contributed by atoms with Crippen LogP contribution in [0.25, 0.3) is 10.9 Å². The molecular formula is C14H20N2. The van der Waals surface area contributed by atoms with Crippen molar-refractivity contribution in [3.05, 3.63) is 36.0 Å². The van der Waals surface area contributed by atoms with E-state index >= 15 is 0 Å². The van der Waals surface area contributed by atoms with Crippen LogP contribution in [0.2, 0.25) is 0 Å². The highest BCUT2D eigenvalue weighted by atomic mass is 14.9. The Bertz CT molecular complexity index is 423. The van der Waals surface area contributed by atoms with Gasteiger partial charge in [-0.1, -0.05) is 32.0 Å². The molecule has 86 valence electrons. The maximum atomic E-state index is 3.53. The molecule has 0 bridgehead atoms. The Morgan fingerprint density at radius 2 is 1.94 bits per heavy atom. The van der Waals surface area contributed by atoms with Crippen LogP contribution < -0.4 is 5.32 Å². The van der Waals surface area contributed by atoms with E-state index in [0.717, 1.165) is 6.54 Å². The molecule has 2 heteroatoms. The number of aromatic amines is 1. The molecule has 1 aromatic heterocycles. The molecule has 0 amide bonds. The highest BCUT2D eigenvalue weighted by molar-refractivity contribution is 5.80. The van der Waals surface area contributed by atoms with Crippen LogP contribution in [-0.4, -0.2) is 11.0 Å². The van der Waals surface area contributed by atoms with Gasteiger partial charge in [0.25, 0.3) is 0 Å². The zero-order valence-electron chi connectivity index (χ0n) is 10.2. The predicted molar refractivity (Wildman–Crippen MR) is 69.4 cm³/mol. The lowest BCUT2D eigenvalue weighted by molar-refractivity contribution is 0.424. The molecule has 1 aromatic carbocycles. The van der Waals surface area contributed by atoms with Crippen molar-refractivity contribution in [3.63, 3.8) is 0 Å². The van der Waals surface area contributed by atoms with Gasteiger partial charge in [-0.05, 0) is 30.4 Å². The minimum absolute atomic E-state index is 0.548. The van der Waals surface area contributed by atoms with E-state index in [9.17, 15) is 0 Å². The second kappa shape index (κ2) is 4.71. The molecule has 2 nitrogen and oxygen atoms in total. The SMILES string of the molecule is CC(C)C(C)NCc1cc2ccccc2[nH]1. The first-order valence-corrected chi connectivity index (χ1v) is 5.97. The Morgan fingerprint density at radius 1 is 1.19 bits per heavy atom. The van der Waals surface area contributed by atoms with Crippen molar-refractivity contribution in [2.45, 2.75) is 33.4 Å². The first-order chi connectivity index (χ1) is 7.66. The Balaban J connectivity index is 2.05. The van der Waals surface area contributed by atoms with Crippen molar-refractivity contribution in [2.24, 2.45) is 5.92 Å². The van der Waals surface area contributed by atoms with Crippen LogP contribution in [0.3, 0.4) is 0 Å². The van der Waals surface area contributed by atoms with Crippen LogP contribution in [0.5, 0.6) is 0 Å². The summed E-state index contributed by atoms with van der Waals surface area (Å²) in [5, 5.41) is 4.82. The van der Waals surface area contributed by atoms with Crippen molar-refractivity contribution >= 4 is 10.9 Å². The van der Waals surface area contributed by atoms with Gasteiger partial charge in [-0.25, -0.2) is 0 Å². The lowest BCUT2D eigenvalue weighted by Gasteiger charge is -2.16. The molecular weight excluding hydrogens is 196 g/mol. The number of para-hydroxylation sites is 1. The lowest BCUT2D eigenvalue weighted by Crippen LogP contribution is -2.30. The fraction of sp³-hybridized carbons (Fsp3) is 0.429. The van der Waals surface area contributed by atoms with Crippen LogP contribution >= 0.6 is 0 Å². The molecule has 2 aromatic rings. The standard InChI is InChI=1S/C14H20N2/c1-10(2)11(3)15-9-13-8-12-6-4-5-7-14(12)16-13/h4-8,10-11,15-16H,9H2,1-3H3. The number of benzene rings is 1. The van der Waals surface area contributed by atoms with Gasteiger partial charge in [0.05, 0.1) is 0 Å². The molecule has 0 aliphatic carbocycles. The molecule has 1 atom stereocenters. The van der Waals surface area contributed by atoms with Gasteiger partial charge in [0.1, 0.15) is 0 Å². The average molecular weight is 216 g/mol. The van der Waals surface area contributed by atoms with Crippen molar-refractivity contribution in [1.82, 2.24) is 10.3 Å². The van der Waals surface area contributed by atoms with Crippen molar-refractivity contribution < 1.29 is 0 Å². The van der Waals surface area contributed by atoms with Crippen LogP contribution in [-0.2, 0) is 6.54 Å². The Kier molecular flexibility index (Phi) is 3.30. The molecule has 16 heavy (non-hydrogen) atoms. The molecule has 0 aliphatic rings. The van der Waals surface area contributed by atoms with Gasteiger partial charge in [-0.3, -0.25) is 0 Å². The fourth-order valence-electron chi connectivity index (χ4n) is 1.74. The third-order valence-corrected chi connectivity index (χ3v) is 3.20. The topological polar surface area (TPSA) is 27.8 Å². The van der Waals surface area contributed by atoms with E-state index in [2.05, 4.69) is 61.4 Å². The lowest BCUT2D eigenvalue weighted by atomic mass is 10.1. The summed E-state index contributed by atoms with van der Waals surface area (Å²) in [5.74, 6) is 0.671. The molecule has 0 fully saturated rings. The largest absolute Gasteiger partial charge is 0.357 e. The monoisotopic (exact) mass is 216 g/mol. The second-order valence-electron chi connectivity index (χ2n) is 4.80. The van der Waals surface area contributed by atoms with Crippen molar-refractivity contribution in [1.29, 1.82) is 0 Å². The highest BCUT2D eigenvalue weighted by Crippen LogP contribution is 2.14. The zero-order valence-corrected chi connectivity index (χ0v) is 10.2. The van der Waals surface area contributed by atoms with Gasteiger partial charge in [0.2, 0.25) is 0 Å². The molecule has 0 saturated carbocycles. The average Bonchev–Trinajstić information content (AvgIpc) is 2.68. The first kappa shape index (κ1) is 11.2.